The summed E-state index contributed by atoms with van der Waals surface area (Å²) in [6, 6.07) is 5.20. The molecule has 0 amide bonds. The van der Waals surface area contributed by atoms with Crippen LogP contribution in [-0.2, 0) is 11.2 Å². The maximum absolute atomic E-state index is 12.7. The number of hydrogen-bond acceptors (Lipinski definition) is 4. The molecular weight excluding hydrogens is 326 g/mol. The molecule has 0 bridgehead atoms. The third-order valence-electron chi connectivity index (χ3n) is 4.84. The predicted octanol–water partition coefficient (Wildman–Crippen LogP) is 5.04. The number of phenolic OH excluding ortho intramolecular Hbond substituents is 1. The molecule has 0 unspecified atom stereocenters. The molecule has 0 saturated carbocycles. The smallest absolute Gasteiger partial charge is 0.338 e. The van der Waals surface area contributed by atoms with Crippen LogP contribution >= 0.6 is 0 Å². The molecule has 1 aromatic carbocycles. The average molecular weight is 364 g/mol. The molecule has 148 valence electrons. The molecule has 0 aliphatic heterocycles. The number of ether oxygens (including phenoxy) is 1. The average Bonchev–Trinajstić information content (AvgIpc) is 2.60. The van der Waals surface area contributed by atoms with Crippen molar-refractivity contribution in [2.24, 2.45) is 5.92 Å². The lowest BCUT2D eigenvalue weighted by Crippen LogP contribution is -2.40. The van der Waals surface area contributed by atoms with E-state index in [9.17, 15) is 9.90 Å². The van der Waals surface area contributed by atoms with Gasteiger partial charge in [0.25, 0.3) is 0 Å². The Morgan fingerprint density at radius 2 is 1.85 bits per heavy atom. The van der Waals surface area contributed by atoms with Gasteiger partial charge in [-0.25, -0.2) is 4.79 Å². The van der Waals surface area contributed by atoms with Crippen LogP contribution in [0.25, 0.3) is 0 Å². The van der Waals surface area contributed by atoms with E-state index in [0.717, 1.165) is 50.8 Å². The Bertz CT molecular complexity index is 538. The molecule has 1 N–H and O–H groups in total. The first-order valence-electron chi connectivity index (χ1n) is 10.2. The van der Waals surface area contributed by atoms with Gasteiger partial charge in [0, 0.05) is 6.04 Å². The van der Waals surface area contributed by atoms with Crippen LogP contribution in [-0.4, -0.2) is 41.7 Å². The number of aryl methyl sites for hydroxylation is 1. The number of aromatic hydroxyl groups is 1. The number of esters is 1. The summed E-state index contributed by atoms with van der Waals surface area (Å²) in [5.41, 5.74) is 1.47. The number of carbonyl (C=O) groups excluding carboxylic acids is 1. The molecule has 1 aromatic rings. The van der Waals surface area contributed by atoms with Crippen molar-refractivity contribution in [1.29, 1.82) is 0 Å². The highest BCUT2D eigenvalue weighted by Gasteiger charge is 2.21. The molecule has 0 spiro atoms. The second kappa shape index (κ2) is 11.9. The zero-order valence-corrected chi connectivity index (χ0v) is 17.3. The van der Waals surface area contributed by atoms with Crippen LogP contribution in [0.2, 0.25) is 0 Å². The molecule has 0 fully saturated rings. The minimum atomic E-state index is -0.280. The molecule has 0 radical (unpaired) electrons. The molecule has 1 atom stereocenters. The number of nitrogens with zero attached hydrogens (tertiary/aromatic N) is 1. The lowest BCUT2D eigenvalue weighted by Gasteiger charge is -2.30. The van der Waals surface area contributed by atoms with Gasteiger partial charge in [-0.05, 0) is 62.0 Å². The van der Waals surface area contributed by atoms with Crippen LogP contribution in [0.3, 0.4) is 0 Å². The van der Waals surface area contributed by atoms with Gasteiger partial charge in [-0.2, -0.15) is 0 Å². The zero-order valence-electron chi connectivity index (χ0n) is 17.3. The van der Waals surface area contributed by atoms with Crippen LogP contribution in [0.4, 0.5) is 0 Å². The molecule has 0 heterocycles. The second-order valence-electron chi connectivity index (χ2n) is 7.40. The molecule has 26 heavy (non-hydrogen) atoms. The second-order valence-corrected chi connectivity index (χ2v) is 7.40. The molecule has 4 nitrogen and oxygen atoms in total. The van der Waals surface area contributed by atoms with E-state index in [-0.39, 0.29) is 17.8 Å². The molecule has 0 aromatic heterocycles. The summed E-state index contributed by atoms with van der Waals surface area (Å²) in [6.07, 6.45) is 5.05. The van der Waals surface area contributed by atoms with Crippen LogP contribution in [0.5, 0.6) is 5.75 Å². The summed E-state index contributed by atoms with van der Waals surface area (Å²) in [5.74, 6) is 0.476. The van der Waals surface area contributed by atoms with E-state index >= 15 is 0 Å². The van der Waals surface area contributed by atoms with Gasteiger partial charge < -0.3 is 9.84 Å². The highest BCUT2D eigenvalue weighted by molar-refractivity contribution is 5.91. The minimum absolute atomic E-state index is 0.203. The Hall–Kier alpha value is -1.55. The summed E-state index contributed by atoms with van der Waals surface area (Å²) in [4.78, 5) is 15.0. The number of rotatable bonds is 12. The van der Waals surface area contributed by atoms with E-state index in [0.29, 0.717) is 18.1 Å². The fourth-order valence-corrected chi connectivity index (χ4v) is 3.41. The highest BCUT2D eigenvalue weighted by Crippen LogP contribution is 2.21. The maximum Gasteiger partial charge on any atom is 0.338 e. The third-order valence-corrected chi connectivity index (χ3v) is 4.84. The van der Waals surface area contributed by atoms with Crippen LogP contribution in [0, 0.1) is 5.92 Å². The Labute approximate surface area is 159 Å². The Morgan fingerprint density at radius 1 is 1.15 bits per heavy atom. The van der Waals surface area contributed by atoms with Crippen LogP contribution in [0.15, 0.2) is 18.2 Å². The van der Waals surface area contributed by atoms with Gasteiger partial charge in [-0.15, -0.1) is 0 Å². The number of carbonyl (C=O) groups is 1. The van der Waals surface area contributed by atoms with E-state index in [1.165, 1.54) is 0 Å². The number of hydrogen-bond donors (Lipinski definition) is 1. The first-order valence-corrected chi connectivity index (χ1v) is 10.2. The quantitative estimate of drug-likeness (QED) is 0.417. The third kappa shape index (κ3) is 7.36. The molecule has 4 heteroatoms. The zero-order chi connectivity index (χ0) is 19.5. The fraction of sp³-hybridized carbons (Fsp3) is 0.682. The minimum Gasteiger partial charge on any atom is -0.508 e. The van der Waals surface area contributed by atoms with E-state index < -0.39 is 0 Å². The topological polar surface area (TPSA) is 49.8 Å². The van der Waals surface area contributed by atoms with Crippen molar-refractivity contribution < 1.29 is 14.6 Å². The lowest BCUT2D eigenvalue weighted by atomic mass is 10.0. The Morgan fingerprint density at radius 3 is 2.42 bits per heavy atom. The standard InChI is InChI=1S/C22H37NO3/c1-6-9-10-11-18-15-20(24)12-13-21(18)22(25)26-16-19(14-17(4)5)23(7-2)8-3/h12-13,15,17,19,24H,6-11,14,16H2,1-5H3/t19-/m0/s1. The largest absolute Gasteiger partial charge is 0.508 e. The van der Waals surface area contributed by atoms with Gasteiger partial charge in [-0.1, -0.05) is 47.5 Å². The van der Waals surface area contributed by atoms with Crippen molar-refractivity contribution in [3.05, 3.63) is 29.3 Å². The Kier molecular flexibility index (Phi) is 10.3. The van der Waals surface area contributed by atoms with E-state index in [4.69, 9.17) is 4.74 Å². The Balaban J connectivity index is 2.81. The fourth-order valence-electron chi connectivity index (χ4n) is 3.41. The summed E-state index contributed by atoms with van der Waals surface area (Å²) >= 11 is 0. The van der Waals surface area contributed by atoms with Gasteiger partial charge >= 0.3 is 5.97 Å². The van der Waals surface area contributed by atoms with Crippen molar-refractivity contribution in [2.45, 2.75) is 72.8 Å². The van der Waals surface area contributed by atoms with Crippen molar-refractivity contribution in [3.8, 4) is 5.75 Å². The molecule has 1 rings (SSSR count). The SMILES string of the molecule is CCCCCc1cc(O)ccc1C(=O)OC[C@H](CC(C)C)N(CC)CC. The van der Waals surface area contributed by atoms with Gasteiger partial charge in [-0.3, -0.25) is 4.90 Å². The van der Waals surface area contributed by atoms with Crippen LogP contribution < -0.4 is 0 Å². The summed E-state index contributed by atoms with van der Waals surface area (Å²) in [7, 11) is 0. The van der Waals surface area contributed by atoms with Gasteiger partial charge in [0.15, 0.2) is 0 Å². The number of unbranched alkanes of at least 4 members (excludes halogenated alkanes) is 2. The van der Waals surface area contributed by atoms with Crippen molar-refractivity contribution >= 4 is 5.97 Å². The maximum atomic E-state index is 12.7. The van der Waals surface area contributed by atoms with E-state index in [1.54, 1.807) is 18.2 Å². The lowest BCUT2D eigenvalue weighted by molar-refractivity contribution is 0.0330. The van der Waals surface area contributed by atoms with Gasteiger partial charge in [0.2, 0.25) is 0 Å². The normalized spacial score (nSPS) is 12.6. The molecular formula is C22H37NO3. The molecule has 0 aliphatic rings. The number of likely N-dealkylation sites (N-methyl/N-ethyl adjacent to an activating group) is 1. The predicted molar refractivity (Wildman–Crippen MR) is 108 cm³/mol. The van der Waals surface area contributed by atoms with E-state index in [2.05, 4.69) is 39.5 Å². The highest BCUT2D eigenvalue weighted by atomic mass is 16.5. The van der Waals surface area contributed by atoms with Gasteiger partial charge in [0.05, 0.1) is 5.56 Å². The first-order chi connectivity index (χ1) is 12.4. The van der Waals surface area contributed by atoms with Gasteiger partial charge in [0.1, 0.15) is 12.4 Å². The molecule has 0 aliphatic carbocycles. The summed E-state index contributed by atoms with van der Waals surface area (Å²) in [6.45, 7) is 13.1. The number of phenols is 1. The van der Waals surface area contributed by atoms with Crippen molar-refractivity contribution in [1.82, 2.24) is 4.90 Å². The monoisotopic (exact) mass is 363 g/mol. The summed E-state index contributed by atoms with van der Waals surface area (Å²) in [5, 5.41) is 9.77. The number of benzene rings is 1. The van der Waals surface area contributed by atoms with Crippen LogP contribution in [0.1, 0.15) is 76.2 Å². The van der Waals surface area contributed by atoms with Crippen molar-refractivity contribution in [3.63, 3.8) is 0 Å². The summed E-state index contributed by atoms with van der Waals surface area (Å²) < 4.78 is 5.70. The van der Waals surface area contributed by atoms with Crippen molar-refractivity contribution in [2.75, 3.05) is 19.7 Å². The molecule has 0 saturated heterocycles. The first kappa shape index (κ1) is 22.5. The van der Waals surface area contributed by atoms with E-state index in [1.807, 2.05) is 0 Å².